The molecule has 1 amide bonds. The molecular formula is C22H32N4OS. The highest BCUT2D eigenvalue weighted by Gasteiger charge is 2.21. The van der Waals surface area contributed by atoms with E-state index in [4.69, 9.17) is 12.2 Å². The molecule has 6 heteroatoms. The van der Waals surface area contributed by atoms with Gasteiger partial charge in [0.2, 0.25) is 0 Å². The van der Waals surface area contributed by atoms with Gasteiger partial charge >= 0.3 is 0 Å². The van der Waals surface area contributed by atoms with Gasteiger partial charge in [0.15, 0.2) is 4.77 Å². The Morgan fingerprint density at radius 3 is 2.39 bits per heavy atom. The number of nitrogens with zero attached hydrogens (tertiary/aromatic N) is 3. The number of rotatable bonds is 6. The van der Waals surface area contributed by atoms with E-state index < -0.39 is 0 Å². The Morgan fingerprint density at radius 1 is 1.14 bits per heavy atom. The second-order valence-corrected chi connectivity index (χ2v) is 8.34. The number of nitrogens with one attached hydrogen (secondary N) is 1. The fourth-order valence-corrected chi connectivity index (χ4v) is 4.71. The maximum Gasteiger partial charge on any atom is 0.251 e. The molecule has 28 heavy (non-hydrogen) atoms. The molecule has 1 saturated carbocycles. The van der Waals surface area contributed by atoms with Crippen LogP contribution in [0.3, 0.4) is 0 Å². The SMILES string of the molecule is CNC(=O)c1ccc(CN(C)Cn2c(C)c(C)n(C3CCCCC3)c2=S)cc1. The van der Waals surface area contributed by atoms with E-state index in [-0.39, 0.29) is 5.91 Å². The third kappa shape index (κ3) is 4.39. The Kier molecular flexibility index (Phi) is 6.73. The maximum absolute atomic E-state index is 11.7. The average Bonchev–Trinajstić information content (AvgIpc) is 2.92. The summed E-state index contributed by atoms with van der Waals surface area (Å²) in [7, 11) is 3.76. The molecule has 0 radical (unpaired) electrons. The van der Waals surface area contributed by atoms with Crippen LogP contribution in [0.1, 0.15) is 65.5 Å². The smallest absolute Gasteiger partial charge is 0.251 e. The topological polar surface area (TPSA) is 42.2 Å². The van der Waals surface area contributed by atoms with Gasteiger partial charge in [-0.2, -0.15) is 0 Å². The molecule has 1 fully saturated rings. The molecule has 0 aliphatic heterocycles. The van der Waals surface area contributed by atoms with Crippen LogP contribution < -0.4 is 5.32 Å². The zero-order chi connectivity index (χ0) is 20.3. The highest BCUT2D eigenvalue weighted by Crippen LogP contribution is 2.31. The van der Waals surface area contributed by atoms with Gasteiger partial charge in [0.1, 0.15) is 0 Å². The van der Waals surface area contributed by atoms with Crippen LogP contribution in [0.15, 0.2) is 24.3 Å². The van der Waals surface area contributed by atoms with Gasteiger partial charge in [0, 0.05) is 36.6 Å². The van der Waals surface area contributed by atoms with Crippen molar-refractivity contribution in [2.45, 2.75) is 65.2 Å². The molecule has 0 unspecified atom stereocenters. The molecule has 1 heterocycles. The van der Waals surface area contributed by atoms with Crippen LogP contribution in [0.2, 0.25) is 0 Å². The summed E-state index contributed by atoms with van der Waals surface area (Å²) in [6.45, 7) is 5.95. The summed E-state index contributed by atoms with van der Waals surface area (Å²) >= 11 is 5.88. The minimum absolute atomic E-state index is 0.0543. The number of hydrogen-bond acceptors (Lipinski definition) is 3. The summed E-state index contributed by atoms with van der Waals surface area (Å²) in [4.78, 5) is 14.0. The van der Waals surface area contributed by atoms with Crippen LogP contribution in [0.5, 0.6) is 0 Å². The molecule has 3 rings (SSSR count). The zero-order valence-electron chi connectivity index (χ0n) is 17.5. The number of aromatic nitrogens is 2. The number of imidazole rings is 1. The molecule has 0 bridgehead atoms. The molecule has 1 aromatic carbocycles. The van der Waals surface area contributed by atoms with E-state index in [1.807, 2.05) is 24.3 Å². The Bertz CT molecular complexity index is 875. The summed E-state index contributed by atoms with van der Waals surface area (Å²) in [5, 5.41) is 2.65. The summed E-state index contributed by atoms with van der Waals surface area (Å²) in [6.07, 6.45) is 6.45. The predicted molar refractivity (Wildman–Crippen MR) is 116 cm³/mol. The largest absolute Gasteiger partial charge is 0.355 e. The predicted octanol–water partition coefficient (Wildman–Crippen LogP) is 4.59. The Balaban J connectivity index is 1.72. The van der Waals surface area contributed by atoms with E-state index in [0.717, 1.165) is 18.0 Å². The first-order chi connectivity index (χ1) is 13.4. The fourth-order valence-electron chi connectivity index (χ4n) is 4.23. The molecule has 152 valence electrons. The molecule has 0 saturated heterocycles. The number of carbonyl (C=O) groups is 1. The standard InChI is InChI=1S/C22H32N4OS/c1-16-17(2)26(20-8-6-5-7-9-20)22(28)25(16)15-24(4)14-18-10-12-19(13-11-18)21(27)23-3/h10-13,20H,5-9,14-15H2,1-4H3,(H,23,27). The maximum atomic E-state index is 11.7. The summed E-state index contributed by atoms with van der Waals surface area (Å²) in [5.74, 6) is -0.0543. The van der Waals surface area contributed by atoms with Crippen molar-refractivity contribution in [2.24, 2.45) is 0 Å². The number of hydrogen-bond donors (Lipinski definition) is 1. The summed E-state index contributed by atoms with van der Waals surface area (Å²) < 4.78 is 5.61. The van der Waals surface area contributed by atoms with Gasteiger partial charge in [0.05, 0.1) is 6.67 Å². The molecular weight excluding hydrogens is 368 g/mol. The van der Waals surface area contributed by atoms with E-state index in [0.29, 0.717) is 11.6 Å². The molecule has 0 atom stereocenters. The highest BCUT2D eigenvalue weighted by atomic mass is 32.1. The molecule has 0 spiro atoms. The molecule has 1 aliphatic carbocycles. The second kappa shape index (κ2) is 9.05. The monoisotopic (exact) mass is 400 g/mol. The van der Waals surface area contributed by atoms with Crippen LogP contribution >= 0.6 is 12.2 Å². The van der Waals surface area contributed by atoms with E-state index in [9.17, 15) is 4.79 Å². The third-order valence-corrected chi connectivity index (χ3v) is 6.36. The Hall–Kier alpha value is -1.92. The van der Waals surface area contributed by atoms with E-state index in [2.05, 4.69) is 40.2 Å². The van der Waals surface area contributed by atoms with Gasteiger partial charge in [-0.3, -0.25) is 9.69 Å². The van der Waals surface area contributed by atoms with E-state index >= 15 is 0 Å². The lowest BCUT2D eigenvalue weighted by molar-refractivity contribution is 0.0963. The van der Waals surface area contributed by atoms with Crippen LogP contribution in [0, 0.1) is 18.6 Å². The van der Waals surface area contributed by atoms with Crippen LogP contribution in [-0.2, 0) is 13.2 Å². The lowest BCUT2D eigenvalue weighted by atomic mass is 9.95. The lowest BCUT2D eigenvalue weighted by Gasteiger charge is -2.24. The first-order valence-corrected chi connectivity index (χ1v) is 10.6. The molecule has 1 aliphatic rings. The van der Waals surface area contributed by atoms with Crippen molar-refractivity contribution in [3.63, 3.8) is 0 Å². The van der Waals surface area contributed by atoms with E-state index in [1.165, 1.54) is 49.1 Å². The Labute approximate surface area is 173 Å². The third-order valence-electron chi connectivity index (χ3n) is 5.95. The van der Waals surface area contributed by atoms with Crippen molar-refractivity contribution < 1.29 is 4.79 Å². The van der Waals surface area contributed by atoms with Crippen molar-refractivity contribution in [1.82, 2.24) is 19.4 Å². The Morgan fingerprint density at radius 2 is 1.79 bits per heavy atom. The number of amides is 1. The molecule has 1 aromatic heterocycles. The van der Waals surface area contributed by atoms with Gasteiger partial charge in [0.25, 0.3) is 5.91 Å². The number of carbonyl (C=O) groups excluding carboxylic acids is 1. The van der Waals surface area contributed by atoms with Crippen molar-refractivity contribution >= 4 is 18.1 Å². The molecule has 2 aromatic rings. The van der Waals surface area contributed by atoms with Crippen LogP contribution in [0.25, 0.3) is 0 Å². The highest BCUT2D eigenvalue weighted by molar-refractivity contribution is 7.71. The second-order valence-electron chi connectivity index (χ2n) is 7.97. The van der Waals surface area contributed by atoms with Gasteiger partial charge < -0.3 is 14.5 Å². The van der Waals surface area contributed by atoms with Crippen molar-refractivity contribution in [1.29, 1.82) is 0 Å². The molecule has 5 nitrogen and oxygen atoms in total. The lowest BCUT2D eigenvalue weighted by Crippen LogP contribution is -2.23. The molecule has 1 N–H and O–H groups in total. The van der Waals surface area contributed by atoms with Gasteiger partial charge in [-0.05, 0) is 63.7 Å². The quantitative estimate of drug-likeness (QED) is 0.721. The normalized spacial score (nSPS) is 15.2. The van der Waals surface area contributed by atoms with Crippen molar-refractivity contribution in [2.75, 3.05) is 14.1 Å². The minimum Gasteiger partial charge on any atom is -0.355 e. The summed E-state index contributed by atoms with van der Waals surface area (Å²) in [5.41, 5.74) is 4.44. The van der Waals surface area contributed by atoms with Gasteiger partial charge in [-0.15, -0.1) is 0 Å². The van der Waals surface area contributed by atoms with Crippen molar-refractivity contribution in [3.8, 4) is 0 Å². The van der Waals surface area contributed by atoms with Crippen LogP contribution in [-0.4, -0.2) is 34.0 Å². The van der Waals surface area contributed by atoms with Crippen LogP contribution in [0.4, 0.5) is 0 Å². The van der Waals surface area contributed by atoms with Gasteiger partial charge in [-0.1, -0.05) is 31.4 Å². The minimum atomic E-state index is -0.0543. The first-order valence-electron chi connectivity index (χ1n) is 10.2. The van der Waals surface area contributed by atoms with Crippen molar-refractivity contribution in [3.05, 3.63) is 51.6 Å². The van der Waals surface area contributed by atoms with E-state index in [1.54, 1.807) is 7.05 Å². The average molecular weight is 401 g/mol. The van der Waals surface area contributed by atoms with Gasteiger partial charge in [-0.25, -0.2) is 0 Å². The number of benzene rings is 1. The fraction of sp³-hybridized carbons (Fsp3) is 0.545. The zero-order valence-corrected chi connectivity index (χ0v) is 18.3. The first kappa shape index (κ1) is 20.8. The summed E-state index contributed by atoms with van der Waals surface area (Å²) in [6, 6.07) is 8.35.